The van der Waals surface area contributed by atoms with Gasteiger partial charge in [-0.2, -0.15) is 13.2 Å². The normalized spacial score (nSPS) is 15.2. The van der Waals surface area contributed by atoms with Crippen LogP contribution < -0.4 is 14.8 Å². The minimum absolute atomic E-state index is 0.208. The van der Waals surface area contributed by atoms with Gasteiger partial charge in [0.05, 0.1) is 28.2 Å². The average molecular weight is 609 g/mol. The zero-order valence-electron chi connectivity index (χ0n) is 22.9. The second-order valence-electron chi connectivity index (χ2n) is 9.37. The highest BCUT2D eigenvalue weighted by atomic mass is 32.2. The molecule has 1 amide bonds. The number of nitro groups is 1. The summed E-state index contributed by atoms with van der Waals surface area (Å²) in [6, 6.07) is 17.8. The monoisotopic (exact) mass is 608 g/mol. The number of methoxy groups -OCH3 is 1. The average Bonchev–Trinajstić information content (AvgIpc) is 3.45. The summed E-state index contributed by atoms with van der Waals surface area (Å²) in [6.45, 7) is 3.81. The van der Waals surface area contributed by atoms with Crippen LogP contribution in [0.2, 0.25) is 0 Å². The smallest absolute Gasteiger partial charge is 0.416 e. The van der Waals surface area contributed by atoms with Gasteiger partial charge in [-0.1, -0.05) is 0 Å². The van der Waals surface area contributed by atoms with Gasteiger partial charge in [-0.3, -0.25) is 14.9 Å². The van der Waals surface area contributed by atoms with E-state index in [2.05, 4.69) is 10.3 Å². The molecule has 43 heavy (non-hydrogen) atoms. The highest BCUT2D eigenvalue weighted by molar-refractivity contribution is 8.18. The Hall–Kier alpha value is -5.04. The number of alkyl halides is 3. The Balaban J connectivity index is 1.35. The molecule has 3 aromatic carbocycles. The predicted octanol–water partition coefficient (Wildman–Crippen LogP) is 7.71. The van der Waals surface area contributed by atoms with Crippen molar-refractivity contribution in [2.75, 3.05) is 7.11 Å². The van der Waals surface area contributed by atoms with Crippen molar-refractivity contribution >= 4 is 40.3 Å². The Kier molecular flexibility index (Phi) is 8.00. The summed E-state index contributed by atoms with van der Waals surface area (Å²) in [7, 11) is 1.58. The first kappa shape index (κ1) is 29.5. The lowest BCUT2D eigenvalue weighted by Gasteiger charge is -2.12. The van der Waals surface area contributed by atoms with Crippen LogP contribution in [-0.2, 0) is 11.0 Å². The number of aromatic nitrogens is 1. The second kappa shape index (κ2) is 11.7. The van der Waals surface area contributed by atoms with E-state index >= 15 is 0 Å². The Bertz CT molecular complexity index is 1780. The van der Waals surface area contributed by atoms with Crippen molar-refractivity contribution in [3.05, 3.63) is 110 Å². The molecule has 1 fully saturated rings. The molecule has 220 valence electrons. The number of hydrogen-bond acceptors (Lipinski definition) is 7. The first-order valence-electron chi connectivity index (χ1n) is 12.7. The van der Waals surface area contributed by atoms with Gasteiger partial charge in [0.15, 0.2) is 5.17 Å². The Morgan fingerprint density at radius 3 is 2.30 bits per heavy atom. The molecule has 0 saturated carbocycles. The lowest BCUT2D eigenvalue weighted by Crippen LogP contribution is -2.19. The lowest BCUT2D eigenvalue weighted by atomic mass is 10.2. The third-order valence-corrected chi connectivity index (χ3v) is 7.43. The maximum Gasteiger partial charge on any atom is 0.416 e. The summed E-state index contributed by atoms with van der Waals surface area (Å²) in [5, 5.41) is 14.6. The number of carbonyl (C=O) groups excluding carboxylic acids is 1. The topological polar surface area (TPSA) is 108 Å². The molecule has 0 spiro atoms. The number of halogens is 3. The van der Waals surface area contributed by atoms with E-state index in [1.807, 2.05) is 24.5 Å². The molecule has 4 aromatic rings. The van der Waals surface area contributed by atoms with Gasteiger partial charge in [0.25, 0.3) is 5.91 Å². The first-order chi connectivity index (χ1) is 20.4. The lowest BCUT2D eigenvalue weighted by molar-refractivity contribution is -0.385. The Morgan fingerprint density at radius 2 is 1.67 bits per heavy atom. The van der Waals surface area contributed by atoms with E-state index < -0.39 is 22.4 Å². The number of thioether (sulfide) groups is 1. The van der Waals surface area contributed by atoms with E-state index in [0.29, 0.717) is 27.6 Å². The van der Waals surface area contributed by atoms with Gasteiger partial charge in [-0.05, 0) is 104 Å². The predicted molar refractivity (Wildman–Crippen MR) is 157 cm³/mol. The van der Waals surface area contributed by atoms with E-state index in [1.165, 1.54) is 11.8 Å². The van der Waals surface area contributed by atoms with E-state index in [9.17, 15) is 28.1 Å². The molecule has 1 aliphatic rings. The Labute approximate surface area is 247 Å². The SMILES string of the molecule is COc1ccc(N=C2NC(=O)/C(=C/c3cc(C)n(-c4ccc(Oc5ccc(C(F)(F)F)cc5[N+](=O)[O-])cc4)c3C)S2)cc1. The molecule has 0 unspecified atom stereocenters. The van der Waals surface area contributed by atoms with Crippen molar-refractivity contribution in [1.29, 1.82) is 0 Å². The number of nitrogens with zero attached hydrogens (tertiary/aromatic N) is 3. The molecule has 1 saturated heterocycles. The minimum Gasteiger partial charge on any atom is -0.497 e. The third-order valence-electron chi connectivity index (χ3n) is 6.52. The fraction of sp³-hybridized carbons (Fsp3) is 0.133. The summed E-state index contributed by atoms with van der Waals surface area (Å²) in [4.78, 5) is 28.1. The standard InChI is InChI=1S/C30H23F3N4O5S/c1-17-14-19(15-27-28(38)35-29(43-27)34-21-5-9-23(41-3)10-6-21)18(2)36(17)22-7-11-24(12-8-22)42-26-13-4-20(30(31,32)33)16-25(26)37(39)40/h4-16H,1-3H3,(H,34,35,38)/b27-15-. The number of benzene rings is 3. The van der Waals surface area contributed by atoms with Crippen molar-refractivity contribution in [2.45, 2.75) is 20.0 Å². The molecule has 13 heteroatoms. The minimum atomic E-state index is -4.72. The molecule has 5 rings (SSSR count). The summed E-state index contributed by atoms with van der Waals surface area (Å²) in [5.74, 6) is 0.337. The molecule has 1 aliphatic heterocycles. The molecule has 1 aromatic heterocycles. The zero-order chi connectivity index (χ0) is 30.9. The molecular weight excluding hydrogens is 585 g/mol. The van der Waals surface area contributed by atoms with Gasteiger partial charge in [0, 0.05) is 23.1 Å². The van der Waals surface area contributed by atoms with Crippen LogP contribution in [0.5, 0.6) is 17.2 Å². The van der Waals surface area contributed by atoms with Gasteiger partial charge in [0.2, 0.25) is 5.75 Å². The largest absolute Gasteiger partial charge is 0.497 e. The van der Waals surface area contributed by atoms with E-state index in [4.69, 9.17) is 9.47 Å². The highest BCUT2D eigenvalue weighted by Gasteiger charge is 2.33. The van der Waals surface area contributed by atoms with Crippen molar-refractivity contribution in [1.82, 2.24) is 9.88 Å². The van der Waals surface area contributed by atoms with Crippen LogP contribution in [0.4, 0.5) is 24.5 Å². The van der Waals surface area contributed by atoms with Crippen molar-refractivity contribution < 1.29 is 32.4 Å². The van der Waals surface area contributed by atoms with Crippen LogP contribution >= 0.6 is 11.8 Å². The van der Waals surface area contributed by atoms with Gasteiger partial charge < -0.3 is 19.4 Å². The van der Waals surface area contributed by atoms with E-state index in [1.54, 1.807) is 61.7 Å². The molecular formula is C30H23F3N4O5S. The summed E-state index contributed by atoms with van der Waals surface area (Å²) < 4.78 is 51.7. The highest BCUT2D eigenvalue weighted by Crippen LogP contribution is 2.38. The molecule has 2 heterocycles. The fourth-order valence-electron chi connectivity index (χ4n) is 4.44. The number of carbonyl (C=O) groups is 1. The number of nitrogens with one attached hydrogen (secondary N) is 1. The van der Waals surface area contributed by atoms with E-state index in [-0.39, 0.29) is 17.4 Å². The maximum absolute atomic E-state index is 13.0. The number of rotatable bonds is 7. The molecule has 0 aliphatic carbocycles. The number of hydrogen-bond donors (Lipinski definition) is 1. The molecule has 0 radical (unpaired) electrons. The van der Waals surface area contributed by atoms with Crippen LogP contribution in [0.15, 0.2) is 82.7 Å². The molecule has 9 nitrogen and oxygen atoms in total. The van der Waals surface area contributed by atoms with Crippen LogP contribution in [0, 0.1) is 24.0 Å². The van der Waals surface area contributed by atoms with Gasteiger partial charge >= 0.3 is 11.9 Å². The number of aliphatic imine (C=N–C) groups is 1. The van der Waals surface area contributed by atoms with Crippen molar-refractivity contribution in [3.8, 4) is 22.9 Å². The van der Waals surface area contributed by atoms with Crippen LogP contribution in [0.25, 0.3) is 11.8 Å². The molecule has 0 atom stereocenters. The summed E-state index contributed by atoms with van der Waals surface area (Å²) in [5.41, 5.74) is 2.04. The number of nitro benzene ring substituents is 1. The van der Waals surface area contributed by atoms with Gasteiger partial charge in [-0.25, -0.2) is 4.99 Å². The number of amidine groups is 1. The maximum atomic E-state index is 13.0. The number of aryl methyl sites for hydroxylation is 1. The summed E-state index contributed by atoms with van der Waals surface area (Å²) in [6.07, 6.45) is -2.93. The number of ether oxygens (including phenoxy) is 2. The van der Waals surface area contributed by atoms with Gasteiger partial charge in [0.1, 0.15) is 11.5 Å². The van der Waals surface area contributed by atoms with Crippen LogP contribution in [0.3, 0.4) is 0 Å². The summed E-state index contributed by atoms with van der Waals surface area (Å²) >= 11 is 1.23. The van der Waals surface area contributed by atoms with Crippen molar-refractivity contribution in [2.24, 2.45) is 4.99 Å². The van der Waals surface area contributed by atoms with Crippen molar-refractivity contribution in [3.63, 3.8) is 0 Å². The van der Waals surface area contributed by atoms with Gasteiger partial charge in [-0.15, -0.1) is 0 Å². The van der Waals surface area contributed by atoms with Crippen LogP contribution in [-0.4, -0.2) is 27.7 Å². The van der Waals surface area contributed by atoms with E-state index in [0.717, 1.165) is 34.8 Å². The fourth-order valence-corrected chi connectivity index (χ4v) is 5.27. The zero-order valence-corrected chi connectivity index (χ0v) is 23.7. The second-order valence-corrected chi connectivity index (χ2v) is 10.4. The number of amides is 1. The molecule has 0 bridgehead atoms. The quantitative estimate of drug-likeness (QED) is 0.131. The third kappa shape index (κ3) is 6.41. The van der Waals surface area contributed by atoms with Crippen LogP contribution in [0.1, 0.15) is 22.5 Å². The first-order valence-corrected chi connectivity index (χ1v) is 13.5. The molecule has 1 N–H and O–H groups in total. The Morgan fingerprint density at radius 1 is 1.00 bits per heavy atom.